The lowest BCUT2D eigenvalue weighted by atomic mass is 10.2. The van der Waals surface area contributed by atoms with Crippen LogP contribution in [0.3, 0.4) is 0 Å². The van der Waals surface area contributed by atoms with Gasteiger partial charge in [-0.1, -0.05) is 11.3 Å². The Kier molecular flexibility index (Phi) is 3.27. The van der Waals surface area contributed by atoms with E-state index in [0.717, 1.165) is 5.56 Å². The molecule has 0 atom stereocenters. The molecule has 0 aliphatic rings. The van der Waals surface area contributed by atoms with Gasteiger partial charge in [0.2, 0.25) is 0 Å². The van der Waals surface area contributed by atoms with Gasteiger partial charge < -0.3 is 10.2 Å². The zero-order chi connectivity index (χ0) is 13.1. The van der Waals surface area contributed by atoms with Gasteiger partial charge >= 0.3 is 5.97 Å². The van der Waals surface area contributed by atoms with Crippen LogP contribution in [0.25, 0.3) is 5.69 Å². The molecule has 2 aromatic rings. The molecule has 0 spiro atoms. The molecule has 6 nitrogen and oxygen atoms in total. The fraction of sp³-hybridized carbons (Fsp3) is 0.250. The summed E-state index contributed by atoms with van der Waals surface area (Å²) in [6, 6.07) is 5.22. The van der Waals surface area contributed by atoms with E-state index in [1.54, 1.807) is 18.3 Å². The number of aliphatic carboxylic acids is 1. The Labute approximate surface area is 103 Å². The van der Waals surface area contributed by atoms with Crippen molar-refractivity contribution in [1.29, 1.82) is 0 Å². The molecule has 1 aromatic heterocycles. The molecule has 0 unspecified atom stereocenters. The van der Waals surface area contributed by atoms with Gasteiger partial charge in [0.1, 0.15) is 11.4 Å². The highest BCUT2D eigenvalue weighted by molar-refractivity contribution is 5.66. The van der Waals surface area contributed by atoms with Crippen molar-refractivity contribution < 1.29 is 15.0 Å². The van der Waals surface area contributed by atoms with Crippen LogP contribution in [-0.2, 0) is 11.2 Å². The summed E-state index contributed by atoms with van der Waals surface area (Å²) >= 11 is 0. The van der Waals surface area contributed by atoms with Crippen molar-refractivity contribution in [2.24, 2.45) is 0 Å². The van der Waals surface area contributed by atoms with E-state index in [2.05, 4.69) is 10.3 Å². The number of aryl methyl sites for hydroxylation is 2. The highest BCUT2D eigenvalue weighted by Gasteiger charge is 2.08. The van der Waals surface area contributed by atoms with Crippen molar-refractivity contribution in [3.8, 4) is 11.4 Å². The lowest BCUT2D eigenvalue weighted by Gasteiger charge is -2.03. The summed E-state index contributed by atoms with van der Waals surface area (Å²) < 4.78 is 1.44. The normalized spacial score (nSPS) is 10.5. The number of carbonyl (C=O) groups is 1. The van der Waals surface area contributed by atoms with Crippen LogP contribution in [0.2, 0.25) is 0 Å². The highest BCUT2D eigenvalue weighted by atomic mass is 16.4. The summed E-state index contributed by atoms with van der Waals surface area (Å²) in [6.07, 6.45) is 1.95. The smallest absolute Gasteiger partial charge is 0.303 e. The average molecular weight is 247 g/mol. The number of carboxylic acid groups (broad SMARTS) is 1. The third kappa shape index (κ3) is 2.65. The second-order valence-electron chi connectivity index (χ2n) is 4.04. The van der Waals surface area contributed by atoms with Crippen LogP contribution in [0.15, 0.2) is 24.4 Å². The SMILES string of the molecule is Cc1ccc(-n2cc(CCC(=O)O)nn2)c(O)c1. The van der Waals surface area contributed by atoms with Gasteiger partial charge in [0.25, 0.3) is 0 Å². The van der Waals surface area contributed by atoms with Crippen LogP contribution < -0.4 is 0 Å². The Morgan fingerprint density at radius 1 is 1.44 bits per heavy atom. The molecule has 0 amide bonds. The van der Waals surface area contributed by atoms with Gasteiger partial charge in [-0.2, -0.15) is 0 Å². The van der Waals surface area contributed by atoms with Gasteiger partial charge in [0.05, 0.1) is 18.3 Å². The largest absolute Gasteiger partial charge is 0.506 e. The number of carboxylic acids is 1. The number of benzene rings is 1. The van der Waals surface area contributed by atoms with E-state index in [0.29, 0.717) is 17.8 Å². The summed E-state index contributed by atoms with van der Waals surface area (Å²) in [7, 11) is 0. The van der Waals surface area contributed by atoms with Gasteiger partial charge in [0, 0.05) is 6.42 Å². The van der Waals surface area contributed by atoms with Gasteiger partial charge in [-0.25, -0.2) is 4.68 Å². The molecule has 18 heavy (non-hydrogen) atoms. The fourth-order valence-corrected chi connectivity index (χ4v) is 1.59. The molecular formula is C12H13N3O3. The minimum Gasteiger partial charge on any atom is -0.506 e. The van der Waals surface area contributed by atoms with Gasteiger partial charge in [0.15, 0.2) is 0 Å². The summed E-state index contributed by atoms with van der Waals surface area (Å²) in [5, 5.41) is 26.1. The Bertz CT molecular complexity index is 578. The zero-order valence-electron chi connectivity index (χ0n) is 9.87. The van der Waals surface area contributed by atoms with Crippen LogP contribution in [0.4, 0.5) is 0 Å². The number of hydrogen-bond donors (Lipinski definition) is 2. The fourth-order valence-electron chi connectivity index (χ4n) is 1.59. The van der Waals surface area contributed by atoms with Crippen LogP contribution in [0.1, 0.15) is 17.7 Å². The molecule has 1 heterocycles. The third-order valence-electron chi connectivity index (χ3n) is 2.51. The topological polar surface area (TPSA) is 88.2 Å². The first-order valence-corrected chi connectivity index (χ1v) is 5.49. The van der Waals surface area contributed by atoms with E-state index in [1.807, 2.05) is 13.0 Å². The maximum Gasteiger partial charge on any atom is 0.303 e. The van der Waals surface area contributed by atoms with Crippen LogP contribution in [0.5, 0.6) is 5.75 Å². The molecule has 2 rings (SSSR count). The predicted molar refractivity (Wildman–Crippen MR) is 63.7 cm³/mol. The predicted octanol–water partition coefficient (Wildman–Crippen LogP) is 1.30. The highest BCUT2D eigenvalue weighted by Crippen LogP contribution is 2.21. The molecular weight excluding hydrogens is 234 g/mol. The van der Waals surface area contributed by atoms with Crippen molar-refractivity contribution in [3.05, 3.63) is 35.7 Å². The van der Waals surface area contributed by atoms with Crippen molar-refractivity contribution in [2.75, 3.05) is 0 Å². The number of rotatable bonds is 4. The first-order chi connectivity index (χ1) is 8.56. The maximum atomic E-state index is 10.4. The van der Waals surface area contributed by atoms with Crippen LogP contribution in [0, 0.1) is 6.92 Å². The number of nitrogens with zero attached hydrogens (tertiary/aromatic N) is 3. The van der Waals surface area contributed by atoms with Crippen molar-refractivity contribution in [2.45, 2.75) is 19.8 Å². The Hall–Kier alpha value is -2.37. The van der Waals surface area contributed by atoms with Crippen LogP contribution >= 0.6 is 0 Å². The quantitative estimate of drug-likeness (QED) is 0.850. The minimum atomic E-state index is -0.872. The first-order valence-electron chi connectivity index (χ1n) is 5.49. The summed E-state index contributed by atoms with van der Waals surface area (Å²) in [5.41, 5.74) is 2.05. The van der Waals surface area contributed by atoms with Gasteiger partial charge in [-0.15, -0.1) is 5.10 Å². The lowest BCUT2D eigenvalue weighted by Crippen LogP contribution is -1.97. The van der Waals surface area contributed by atoms with E-state index < -0.39 is 5.97 Å². The van der Waals surface area contributed by atoms with Gasteiger partial charge in [-0.3, -0.25) is 4.79 Å². The van der Waals surface area contributed by atoms with Gasteiger partial charge in [-0.05, 0) is 24.6 Å². The third-order valence-corrected chi connectivity index (χ3v) is 2.51. The standard InChI is InChI=1S/C12H13N3O3/c1-8-2-4-10(11(16)6-8)15-7-9(13-14-15)3-5-12(17)18/h2,4,6-7,16H,3,5H2,1H3,(H,17,18). The molecule has 0 saturated carbocycles. The number of aromatic hydroxyl groups is 1. The van der Waals surface area contributed by atoms with E-state index in [-0.39, 0.29) is 12.2 Å². The number of phenols is 1. The summed E-state index contributed by atoms with van der Waals surface area (Å²) in [4.78, 5) is 10.4. The molecule has 2 N–H and O–H groups in total. The average Bonchev–Trinajstić information content (AvgIpc) is 2.75. The number of hydrogen-bond acceptors (Lipinski definition) is 4. The van der Waals surface area contributed by atoms with E-state index in [1.165, 1.54) is 4.68 Å². The van der Waals surface area contributed by atoms with Crippen LogP contribution in [-0.4, -0.2) is 31.2 Å². The molecule has 0 bridgehead atoms. The molecule has 0 radical (unpaired) electrons. The number of aromatic nitrogens is 3. The molecule has 0 saturated heterocycles. The van der Waals surface area contributed by atoms with E-state index >= 15 is 0 Å². The Morgan fingerprint density at radius 2 is 2.22 bits per heavy atom. The van der Waals surface area contributed by atoms with E-state index in [4.69, 9.17) is 5.11 Å². The van der Waals surface area contributed by atoms with Crippen molar-refractivity contribution in [1.82, 2.24) is 15.0 Å². The van der Waals surface area contributed by atoms with E-state index in [9.17, 15) is 9.90 Å². The molecule has 0 aliphatic carbocycles. The van der Waals surface area contributed by atoms with Crippen molar-refractivity contribution >= 4 is 5.97 Å². The molecule has 0 fully saturated rings. The Morgan fingerprint density at radius 3 is 2.89 bits per heavy atom. The van der Waals surface area contributed by atoms with Crippen molar-refractivity contribution in [3.63, 3.8) is 0 Å². The monoisotopic (exact) mass is 247 g/mol. The first kappa shape index (κ1) is 12.1. The number of phenolic OH excluding ortho intramolecular Hbond substituents is 1. The second-order valence-corrected chi connectivity index (χ2v) is 4.04. The lowest BCUT2D eigenvalue weighted by molar-refractivity contribution is -0.136. The Balaban J connectivity index is 2.21. The molecule has 94 valence electrons. The zero-order valence-corrected chi connectivity index (χ0v) is 9.87. The molecule has 1 aromatic carbocycles. The molecule has 0 aliphatic heterocycles. The summed E-state index contributed by atoms with van der Waals surface area (Å²) in [6.45, 7) is 1.88. The molecule has 6 heteroatoms. The second kappa shape index (κ2) is 4.87. The minimum absolute atomic E-state index is 0.0125. The summed E-state index contributed by atoms with van der Waals surface area (Å²) in [5.74, 6) is -0.757. The maximum absolute atomic E-state index is 10.4.